The van der Waals surface area contributed by atoms with Gasteiger partial charge in [0.25, 0.3) is 0 Å². The van der Waals surface area contributed by atoms with E-state index in [1.807, 2.05) is 0 Å². The molecule has 2 amide bonds. The van der Waals surface area contributed by atoms with Crippen LogP contribution >= 0.6 is 0 Å². The Bertz CT molecular complexity index is 512. The first-order valence-electron chi connectivity index (χ1n) is 11.9. The second kappa shape index (κ2) is 16.1. The van der Waals surface area contributed by atoms with Crippen LogP contribution in [0.4, 0.5) is 0 Å². The number of carbonyl (C=O) groups excluding carboxylic acids is 2. The predicted molar refractivity (Wildman–Crippen MR) is 117 cm³/mol. The molecule has 1 aliphatic heterocycles. The van der Waals surface area contributed by atoms with Gasteiger partial charge >= 0.3 is 5.97 Å². The molecule has 0 aromatic rings. The van der Waals surface area contributed by atoms with E-state index < -0.39 is 24.0 Å². The summed E-state index contributed by atoms with van der Waals surface area (Å²) < 4.78 is 0. The van der Waals surface area contributed by atoms with Crippen molar-refractivity contribution in [2.75, 3.05) is 13.1 Å². The third-order valence-electron chi connectivity index (χ3n) is 5.83. The van der Waals surface area contributed by atoms with Gasteiger partial charge in [0.1, 0.15) is 6.04 Å². The molecule has 1 rings (SSSR count). The van der Waals surface area contributed by atoms with E-state index in [0.29, 0.717) is 6.42 Å². The van der Waals surface area contributed by atoms with Gasteiger partial charge in [-0.1, -0.05) is 84.0 Å². The Kier molecular flexibility index (Phi) is 14.2. The average molecular weight is 427 g/mol. The van der Waals surface area contributed by atoms with Crippen LogP contribution in [0.25, 0.3) is 0 Å². The molecular weight excluding hydrogens is 384 g/mol. The molecule has 174 valence electrons. The van der Waals surface area contributed by atoms with E-state index in [2.05, 4.69) is 12.2 Å². The van der Waals surface area contributed by atoms with Gasteiger partial charge in [0.15, 0.2) is 0 Å². The minimum Gasteiger partial charge on any atom is -0.480 e. The van der Waals surface area contributed by atoms with Crippen molar-refractivity contribution in [3.8, 4) is 0 Å². The molecule has 0 aliphatic carbocycles. The van der Waals surface area contributed by atoms with Crippen LogP contribution < -0.4 is 5.32 Å². The number of likely N-dealkylation sites (tertiary alicyclic amines) is 1. The summed E-state index contributed by atoms with van der Waals surface area (Å²) in [5.74, 6) is -1.77. The monoisotopic (exact) mass is 426 g/mol. The number of aliphatic hydroxyl groups is 1. The topological polar surface area (TPSA) is 107 Å². The first-order chi connectivity index (χ1) is 14.5. The minimum absolute atomic E-state index is 0.00449. The Labute approximate surface area is 181 Å². The predicted octanol–water partition coefficient (Wildman–Crippen LogP) is 3.63. The summed E-state index contributed by atoms with van der Waals surface area (Å²) in [6.45, 7) is 2.03. The summed E-state index contributed by atoms with van der Waals surface area (Å²) in [7, 11) is 0. The minimum atomic E-state index is -1.13. The molecule has 3 N–H and O–H groups in total. The van der Waals surface area contributed by atoms with Gasteiger partial charge in [-0.15, -0.1) is 0 Å². The van der Waals surface area contributed by atoms with Crippen molar-refractivity contribution in [3.63, 3.8) is 0 Å². The van der Waals surface area contributed by atoms with E-state index in [0.717, 1.165) is 24.2 Å². The van der Waals surface area contributed by atoms with Crippen LogP contribution in [0.2, 0.25) is 0 Å². The van der Waals surface area contributed by atoms with E-state index >= 15 is 0 Å². The highest BCUT2D eigenvalue weighted by molar-refractivity contribution is 5.88. The number of unbranched alkanes of at least 4 members (excludes halogenated alkanes) is 12. The van der Waals surface area contributed by atoms with Gasteiger partial charge in [0.05, 0.1) is 12.6 Å². The summed E-state index contributed by atoms with van der Waals surface area (Å²) in [5.41, 5.74) is 0. The van der Waals surface area contributed by atoms with Crippen LogP contribution in [0, 0.1) is 0 Å². The van der Waals surface area contributed by atoms with Crippen LogP contribution in [0.15, 0.2) is 0 Å². The molecule has 2 atom stereocenters. The van der Waals surface area contributed by atoms with Crippen molar-refractivity contribution < 1.29 is 24.6 Å². The number of amides is 2. The number of carboxylic acids is 1. The van der Waals surface area contributed by atoms with Crippen LogP contribution in [0.3, 0.4) is 0 Å². The molecule has 30 heavy (non-hydrogen) atoms. The van der Waals surface area contributed by atoms with Gasteiger partial charge in [0, 0.05) is 19.4 Å². The molecule has 1 fully saturated rings. The van der Waals surface area contributed by atoms with E-state index in [-0.39, 0.29) is 25.4 Å². The van der Waals surface area contributed by atoms with Crippen molar-refractivity contribution in [1.82, 2.24) is 10.2 Å². The summed E-state index contributed by atoms with van der Waals surface area (Å²) in [6.07, 6.45) is 15.8. The Balaban J connectivity index is 1.96. The third kappa shape index (κ3) is 11.5. The fraction of sp³-hybridized carbons (Fsp3) is 0.870. The van der Waals surface area contributed by atoms with Crippen molar-refractivity contribution in [3.05, 3.63) is 0 Å². The molecule has 1 unspecified atom stereocenters. The third-order valence-corrected chi connectivity index (χ3v) is 5.83. The average Bonchev–Trinajstić information content (AvgIpc) is 3.12. The SMILES string of the molecule is CCCCCCCCCCCCCCCC(=O)NCC(=O)N1CC(O)C[C@H]1C(=O)O. The lowest BCUT2D eigenvalue weighted by molar-refractivity contribution is -0.148. The largest absolute Gasteiger partial charge is 0.480 e. The van der Waals surface area contributed by atoms with E-state index in [1.165, 1.54) is 64.2 Å². The quantitative estimate of drug-likeness (QED) is 0.308. The Morgan fingerprint density at radius 3 is 1.87 bits per heavy atom. The number of hydrogen-bond donors (Lipinski definition) is 3. The van der Waals surface area contributed by atoms with Crippen LogP contribution in [-0.2, 0) is 14.4 Å². The number of β-amino-alcohol motifs (C(OH)–C–C–N with tert-alkyl or cyclic N) is 1. The fourth-order valence-electron chi connectivity index (χ4n) is 3.99. The molecule has 0 aromatic carbocycles. The molecule has 0 spiro atoms. The Hall–Kier alpha value is -1.63. The summed E-state index contributed by atoms with van der Waals surface area (Å²) >= 11 is 0. The molecule has 0 saturated carbocycles. The smallest absolute Gasteiger partial charge is 0.326 e. The number of nitrogens with one attached hydrogen (secondary N) is 1. The molecule has 0 bridgehead atoms. The van der Waals surface area contributed by atoms with Crippen LogP contribution in [0.1, 0.15) is 103 Å². The summed E-state index contributed by atoms with van der Waals surface area (Å²) in [4.78, 5) is 36.3. The molecule has 1 aliphatic rings. The normalized spacial score (nSPS) is 18.5. The zero-order valence-electron chi connectivity index (χ0n) is 18.7. The van der Waals surface area contributed by atoms with E-state index in [1.54, 1.807) is 0 Å². The summed E-state index contributed by atoms with van der Waals surface area (Å²) in [5, 5.41) is 21.3. The van der Waals surface area contributed by atoms with Gasteiger partial charge < -0.3 is 20.4 Å². The zero-order chi connectivity index (χ0) is 22.2. The van der Waals surface area contributed by atoms with Crippen molar-refractivity contribution >= 4 is 17.8 Å². The van der Waals surface area contributed by atoms with Gasteiger partial charge in [-0.05, 0) is 6.42 Å². The number of aliphatic carboxylic acids is 1. The van der Waals surface area contributed by atoms with Gasteiger partial charge in [0.2, 0.25) is 11.8 Å². The first-order valence-corrected chi connectivity index (χ1v) is 11.9. The number of carboxylic acid groups (broad SMARTS) is 1. The highest BCUT2D eigenvalue weighted by Gasteiger charge is 2.38. The number of hydrogen-bond acceptors (Lipinski definition) is 4. The molecule has 0 aromatic heterocycles. The van der Waals surface area contributed by atoms with E-state index in [9.17, 15) is 19.5 Å². The lowest BCUT2D eigenvalue weighted by Crippen LogP contribution is -2.45. The van der Waals surface area contributed by atoms with Crippen LogP contribution in [-0.4, -0.2) is 58.1 Å². The first kappa shape index (κ1) is 26.4. The molecule has 0 radical (unpaired) electrons. The van der Waals surface area contributed by atoms with Gasteiger partial charge in [-0.25, -0.2) is 4.79 Å². The molecule has 1 heterocycles. The maximum atomic E-state index is 12.1. The molecule has 7 nitrogen and oxygen atoms in total. The summed E-state index contributed by atoms with van der Waals surface area (Å²) in [6, 6.07) is -1.01. The van der Waals surface area contributed by atoms with Crippen molar-refractivity contribution in [1.29, 1.82) is 0 Å². The molecular formula is C23H42N2O5. The molecule has 7 heteroatoms. The number of aliphatic hydroxyl groups excluding tert-OH is 1. The Morgan fingerprint density at radius 1 is 0.867 bits per heavy atom. The second-order valence-corrected chi connectivity index (χ2v) is 8.56. The number of rotatable bonds is 17. The van der Waals surface area contributed by atoms with Crippen molar-refractivity contribution in [2.45, 2.75) is 115 Å². The maximum Gasteiger partial charge on any atom is 0.326 e. The number of nitrogens with zero attached hydrogens (tertiary/aromatic N) is 1. The maximum absolute atomic E-state index is 12.1. The second-order valence-electron chi connectivity index (χ2n) is 8.56. The van der Waals surface area contributed by atoms with E-state index in [4.69, 9.17) is 5.11 Å². The lowest BCUT2D eigenvalue weighted by atomic mass is 10.0. The highest BCUT2D eigenvalue weighted by atomic mass is 16.4. The zero-order valence-corrected chi connectivity index (χ0v) is 18.7. The van der Waals surface area contributed by atoms with Crippen LogP contribution in [0.5, 0.6) is 0 Å². The molecule has 1 saturated heterocycles. The number of carbonyl (C=O) groups is 3. The lowest BCUT2D eigenvalue weighted by Gasteiger charge is -2.21. The fourth-order valence-corrected chi connectivity index (χ4v) is 3.99. The Morgan fingerprint density at radius 2 is 1.37 bits per heavy atom. The van der Waals surface area contributed by atoms with Gasteiger partial charge in [-0.2, -0.15) is 0 Å². The van der Waals surface area contributed by atoms with Crippen molar-refractivity contribution in [2.24, 2.45) is 0 Å². The van der Waals surface area contributed by atoms with Gasteiger partial charge in [-0.3, -0.25) is 9.59 Å². The standard InChI is InChI=1S/C23H42N2O5/c1-2-3-4-5-6-7-8-9-10-11-12-13-14-15-21(27)24-17-22(28)25-18-19(26)16-20(25)23(29)30/h19-20,26H,2-18H2,1H3,(H,24,27)(H,29,30)/t19?,20-/m0/s1. The highest BCUT2D eigenvalue weighted by Crippen LogP contribution is 2.18.